The van der Waals surface area contributed by atoms with Crippen LogP contribution >= 0.6 is 0 Å². The largest absolute Gasteiger partial charge is 0.339 e. The number of nitrogens with zero attached hydrogens (tertiary/aromatic N) is 3. The molecule has 0 aliphatic rings. The van der Waals surface area contributed by atoms with E-state index >= 15 is 0 Å². The van der Waals surface area contributed by atoms with E-state index in [4.69, 9.17) is 5.26 Å². The van der Waals surface area contributed by atoms with Gasteiger partial charge in [0.1, 0.15) is 6.54 Å². The predicted molar refractivity (Wildman–Crippen MR) is 84.7 cm³/mol. The summed E-state index contributed by atoms with van der Waals surface area (Å²) in [4.78, 5) is 30.4. The highest BCUT2D eigenvalue weighted by Crippen LogP contribution is 2.22. The molecule has 2 aromatic heterocycles. The van der Waals surface area contributed by atoms with Crippen molar-refractivity contribution < 1.29 is 4.79 Å². The number of carbonyl (C=O) groups is 1. The van der Waals surface area contributed by atoms with Crippen molar-refractivity contribution >= 4 is 17.1 Å². The summed E-state index contributed by atoms with van der Waals surface area (Å²) in [5.41, 5.74) is 3.03. The molecule has 0 bridgehead atoms. The number of hydrogen-bond acceptors (Lipinski definition) is 4. The van der Waals surface area contributed by atoms with Crippen molar-refractivity contribution in [2.24, 2.45) is 7.05 Å². The number of nitriles is 1. The molecule has 0 aliphatic heterocycles. The number of nitrogens with one attached hydrogen (secondary N) is 2. The molecule has 23 heavy (non-hydrogen) atoms. The number of amides is 1. The molecule has 0 aliphatic carbocycles. The van der Waals surface area contributed by atoms with Crippen molar-refractivity contribution in [3.63, 3.8) is 0 Å². The van der Waals surface area contributed by atoms with Gasteiger partial charge in [-0.15, -0.1) is 0 Å². The molecular formula is C16H13N5O2. The normalized spacial score (nSPS) is 10.4. The summed E-state index contributed by atoms with van der Waals surface area (Å²) < 4.78 is 1.48. The van der Waals surface area contributed by atoms with Crippen LogP contribution < -0.4 is 11.0 Å². The van der Waals surface area contributed by atoms with Gasteiger partial charge < -0.3 is 5.32 Å². The SMILES string of the molecule is Cn1c(=O)[nH]c2ncc(-c3cccc(C(=O)NCC#N)c3)cc21. The van der Waals surface area contributed by atoms with E-state index in [0.717, 1.165) is 11.1 Å². The molecule has 2 N–H and O–H groups in total. The van der Waals surface area contributed by atoms with Crippen LogP contribution in [0.25, 0.3) is 22.3 Å². The molecule has 0 atom stereocenters. The highest BCUT2D eigenvalue weighted by molar-refractivity contribution is 5.95. The molecule has 2 heterocycles. The molecule has 0 fully saturated rings. The maximum absolute atomic E-state index is 11.9. The Balaban J connectivity index is 2.02. The third-order valence-electron chi connectivity index (χ3n) is 3.54. The molecule has 3 aromatic rings. The second-order valence-electron chi connectivity index (χ2n) is 5.00. The third-order valence-corrected chi connectivity index (χ3v) is 3.54. The van der Waals surface area contributed by atoms with Crippen LogP contribution in [-0.2, 0) is 7.05 Å². The second kappa shape index (κ2) is 5.77. The standard InChI is InChI=1S/C16H13N5O2/c1-21-13-8-12(9-19-14(13)20-16(21)23)10-3-2-4-11(7-10)15(22)18-6-5-17/h2-4,7-9H,6H2,1H3,(H,18,22)(H,19,20,23). The Morgan fingerprint density at radius 1 is 1.39 bits per heavy atom. The summed E-state index contributed by atoms with van der Waals surface area (Å²) in [7, 11) is 1.67. The maximum Gasteiger partial charge on any atom is 0.327 e. The van der Waals surface area contributed by atoms with Gasteiger partial charge in [0.25, 0.3) is 5.91 Å². The van der Waals surface area contributed by atoms with Crippen molar-refractivity contribution in [3.8, 4) is 17.2 Å². The van der Waals surface area contributed by atoms with E-state index in [9.17, 15) is 9.59 Å². The van der Waals surface area contributed by atoms with Crippen LogP contribution in [0.2, 0.25) is 0 Å². The first kappa shape index (κ1) is 14.5. The smallest absolute Gasteiger partial charge is 0.327 e. The van der Waals surface area contributed by atoms with Crippen LogP contribution in [-0.4, -0.2) is 27.0 Å². The molecule has 7 heteroatoms. The van der Waals surface area contributed by atoms with E-state index < -0.39 is 0 Å². The number of pyridine rings is 1. The number of hydrogen-bond donors (Lipinski definition) is 2. The zero-order chi connectivity index (χ0) is 16.4. The lowest BCUT2D eigenvalue weighted by molar-refractivity contribution is 0.0958. The van der Waals surface area contributed by atoms with Gasteiger partial charge >= 0.3 is 5.69 Å². The van der Waals surface area contributed by atoms with E-state index in [1.165, 1.54) is 4.57 Å². The molecule has 1 aromatic carbocycles. The van der Waals surface area contributed by atoms with E-state index in [2.05, 4.69) is 15.3 Å². The topological polar surface area (TPSA) is 104 Å². The number of fused-ring (bicyclic) bond motifs is 1. The van der Waals surface area contributed by atoms with Gasteiger partial charge in [0.05, 0.1) is 11.6 Å². The van der Waals surface area contributed by atoms with Crippen LogP contribution in [0.4, 0.5) is 0 Å². The van der Waals surface area contributed by atoms with Gasteiger partial charge in [-0.25, -0.2) is 9.78 Å². The first-order valence-corrected chi connectivity index (χ1v) is 6.90. The van der Waals surface area contributed by atoms with Gasteiger partial charge in [-0.05, 0) is 23.8 Å². The lowest BCUT2D eigenvalue weighted by Gasteiger charge is -2.05. The van der Waals surface area contributed by atoms with E-state index in [-0.39, 0.29) is 18.1 Å². The minimum absolute atomic E-state index is 0.0396. The Morgan fingerprint density at radius 3 is 3.00 bits per heavy atom. The summed E-state index contributed by atoms with van der Waals surface area (Å²) in [6.07, 6.45) is 1.64. The first-order chi connectivity index (χ1) is 11.1. The number of imidazole rings is 1. The van der Waals surface area contributed by atoms with E-state index in [1.807, 2.05) is 18.2 Å². The molecule has 114 valence electrons. The Morgan fingerprint density at radius 2 is 2.22 bits per heavy atom. The predicted octanol–water partition coefficient (Wildman–Crippen LogP) is 1.18. The number of aromatic nitrogens is 3. The number of rotatable bonds is 3. The van der Waals surface area contributed by atoms with Crippen molar-refractivity contribution in [1.82, 2.24) is 19.9 Å². The molecule has 0 spiro atoms. The second-order valence-corrected chi connectivity index (χ2v) is 5.00. The summed E-state index contributed by atoms with van der Waals surface area (Å²) in [5.74, 6) is -0.309. The Labute approximate surface area is 131 Å². The number of H-pyrrole nitrogens is 1. The summed E-state index contributed by atoms with van der Waals surface area (Å²) in [6, 6.07) is 10.7. The fourth-order valence-corrected chi connectivity index (χ4v) is 2.32. The summed E-state index contributed by atoms with van der Waals surface area (Å²) >= 11 is 0. The number of benzene rings is 1. The monoisotopic (exact) mass is 307 g/mol. The lowest BCUT2D eigenvalue weighted by Crippen LogP contribution is -2.23. The highest BCUT2D eigenvalue weighted by atomic mass is 16.2. The number of carbonyl (C=O) groups excluding carboxylic acids is 1. The molecule has 1 amide bonds. The average molecular weight is 307 g/mol. The highest BCUT2D eigenvalue weighted by Gasteiger charge is 2.09. The van der Waals surface area contributed by atoms with Crippen LogP contribution in [0.5, 0.6) is 0 Å². The van der Waals surface area contributed by atoms with E-state index in [0.29, 0.717) is 16.7 Å². The van der Waals surface area contributed by atoms with Crippen LogP contribution in [0.1, 0.15) is 10.4 Å². The van der Waals surface area contributed by atoms with Crippen molar-refractivity contribution in [1.29, 1.82) is 5.26 Å². The molecule has 7 nitrogen and oxygen atoms in total. The Kier molecular flexibility index (Phi) is 3.65. The van der Waals surface area contributed by atoms with Crippen molar-refractivity contribution in [2.75, 3.05) is 6.54 Å². The Bertz CT molecular complexity index is 994. The molecule has 0 saturated carbocycles. The third kappa shape index (κ3) is 2.70. The minimum atomic E-state index is -0.309. The fourth-order valence-electron chi connectivity index (χ4n) is 2.32. The quantitative estimate of drug-likeness (QED) is 0.709. The fraction of sp³-hybridized carbons (Fsp3) is 0.125. The maximum atomic E-state index is 11.9. The van der Waals surface area contributed by atoms with Crippen LogP contribution in [0, 0.1) is 11.3 Å². The van der Waals surface area contributed by atoms with Gasteiger partial charge in [0.15, 0.2) is 5.65 Å². The van der Waals surface area contributed by atoms with Crippen LogP contribution in [0.15, 0.2) is 41.3 Å². The Hall–Kier alpha value is -3.40. The lowest BCUT2D eigenvalue weighted by atomic mass is 10.0. The number of aromatic amines is 1. The zero-order valence-electron chi connectivity index (χ0n) is 12.3. The molecule has 0 radical (unpaired) electrons. The zero-order valence-corrected chi connectivity index (χ0v) is 12.3. The summed E-state index contributed by atoms with van der Waals surface area (Å²) in [6.45, 7) is -0.0396. The van der Waals surface area contributed by atoms with Gasteiger partial charge in [-0.3, -0.25) is 14.3 Å². The van der Waals surface area contributed by atoms with Gasteiger partial charge in [-0.1, -0.05) is 12.1 Å². The molecule has 3 rings (SSSR count). The summed E-state index contributed by atoms with van der Waals surface area (Å²) in [5, 5.41) is 11.0. The minimum Gasteiger partial charge on any atom is -0.339 e. The van der Waals surface area contributed by atoms with E-state index in [1.54, 1.807) is 31.4 Å². The molecule has 0 unspecified atom stereocenters. The van der Waals surface area contributed by atoms with Gasteiger partial charge in [0.2, 0.25) is 0 Å². The molecule has 0 saturated heterocycles. The van der Waals surface area contributed by atoms with Crippen LogP contribution in [0.3, 0.4) is 0 Å². The van der Waals surface area contributed by atoms with Gasteiger partial charge in [-0.2, -0.15) is 5.26 Å². The van der Waals surface area contributed by atoms with Gasteiger partial charge in [0, 0.05) is 24.4 Å². The van der Waals surface area contributed by atoms with Crippen molar-refractivity contribution in [3.05, 3.63) is 52.6 Å². The molecular weight excluding hydrogens is 294 g/mol. The average Bonchev–Trinajstić information content (AvgIpc) is 2.87. The number of aryl methyl sites for hydroxylation is 1. The van der Waals surface area contributed by atoms with Crippen molar-refractivity contribution in [2.45, 2.75) is 0 Å². The first-order valence-electron chi connectivity index (χ1n) is 6.90.